The number of nitrogens with one attached hydrogen (secondary N) is 2. The number of amides is 1. The molecule has 3 aromatic rings. The molecular formula is C24H21BrCl2FN3O3. The molecule has 3 rings (SSSR count). The van der Waals surface area contributed by atoms with E-state index in [1.54, 1.807) is 42.5 Å². The Kier molecular flexibility index (Phi) is 9.56. The Labute approximate surface area is 215 Å². The number of hydrogen-bond acceptors (Lipinski definition) is 5. The topological polar surface area (TPSA) is 72.0 Å². The quantitative estimate of drug-likeness (QED) is 0.218. The van der Waals surface area contributed by atoms with Gasteiger partial charge in [0.2, 0.25) is 0 Å². The summed E-state index contributed by atoms with van der Waals surface area (Å²) < 4.78 is 25.3. The fourth-order valence-electron chi connectivity index (χ4n) is 2.82. The average molecular weight is 569 g/mol. The monoisotopic (exact) mass is 567 g/mol. The van der Waals surface area contributed by atoms with Gasteiger partial charge in [-0.1, -0.05) is 29.3 Å². The van der Waals surface area contributed by atoms with E-state index >= 15 is 0 Å². The maximum Gasteiger partial charge on any atom is 0.259 e. The Morgan fingerprint density at radius 3 is 2.59 bits per heavy atom. The molecule has 0 fully saturated rings. The van der Waals surface area contributed by atoms with Gasteiger partial charge in [-0.2, -0.15) is 5.10 Å². The molecule has 0 aromatic heterocycles. The predicted octanol–water partition coefficient (Wildman–Crippen LogP) is 6.43. The molecule has 0 spiro atoms. The maximum atomic E-state index is 12.9. The number of carbonyl (C=O) groups excluding carboxylic acids is 1. The minimum absolute atomic E-state index is 0.0170. The summed E-state index contributed by atoms with van der Waals surface area (Å²) in [7, 11) is 0. The van der Waals surface area contributed by atoms with Gasteiger partial charge in [0.1, 0.15) is 12.4 Å². The van der Waals surface area contributed by atoms with E-state index in [1.165, 1.54) is 18.3 Å². The minimum atomic E-state index is -0.357. The molecule has 0 unspecified atom stereocenters. The van der Waals surface area contributed by atoms with Crippen molar-refractivity contribution >= 4 is 56.9 Å². The molecule has 2 N–H and O–H groups in total. The number of rotatable bonds is 10. The van der Waals surface area contributed by atoms with Crippen molar-refractivity contribution in [3.63, 3.8) is 0 Å². The first-order valence-electron chi connectivity index (χ1n) is 10.2. The molecule has 3 aromatic carbocycles. The summed E-state index contributed by atoms with van der Waals surface area (Å²) in [5, 5.41) is 7.92. The van der Waals surface area contributed by atoms with Crippen LogP contribution in [-0.4, -0.2) is 25.3 Å². The molecule has 6 nitrogen and oxygen atoms in total. The van der Waals surface area contributed by atoms with E-state index in [1.807, 2.05) is 6.92 Å². The van der Waals surface area contributed by atoms with Crippen molar-refractivity contribution in [1.29, 1.82) is 0 Å². The Hall–Kier alpha value is -2.81. The molecule has 0 saturated heterocycles. The molecule has 0 aliphatic rings. The predicted molar refractivity (Wildman–Crippen MR) is 137 cm³/mol. The first-order valence-corrected chi connectivity index (χ1v) is 11.7. The van der Waals surface area contributed by atoms with Crippen LogP contribution in [-0.2, 0) is 11.4 Å². The average Bonchev–Trinajstić information content (AvgIpc) is 2.79. The van der Waals surface area contributed by atoms with E-state index in [0.717, 1.165) is 5.56 Å². The number of anilines is 1. The summed E-state index contributed by atoms with van der Waals surface area (Å²) in [5.41, 5.74) is 4.52. The summed E-state index contributed by atoms with van der Waals surface area (Å²) in [6.07, 6.45) is 1.49. The van der Waals surface area contributed by atoms with E-state index in [4.69, 9.17) is 32.7 Å². The number of benzene rings is 3. The lowest BCUT2D eigenvalue weighted by Crippen LogP contribution is -2.25. The van der Waals surface area contributed by atoms with Crippen LogP contribution in [0.3, 0.4) is 0 Å². The highest BCUT2D eigenvalue weighted by molar-refractivity contribution is 9.10. The lowest BCUT2D eigenvalue weighted by atomic mass is 10.2. The van der Waals surface area contributed by atoms with Crippen molar-refractivity contribution in [3.8, 4) is 11.5 Å². The summed E-state index contributed by atoms with van der Waals surface area (Å²) in [6, 6.07) is 14.4. The number of hydrazone groups is 1. The van der Waals surface area contributed by atoms with Gasteiger partial charge in [-0.3, -0.25) is 4.79 Å². The first-order chi connectivity index (χ1) is 16.4. The zero-order chi connectivity index (χ0) is 24.5. The Morgan fingerprint density at radius 2 is 1.88 bits per heavy atom. The summed E-state index contributed by atoms with van der Waals surface area (Å²) in [6.45, 7) is 2.50. The third-order valence-corrected chi connectivity index (χ3v) is 5.59. The van der Waals surface area contributed by atoms with Gasteiger partial charge in [-0.05, 0) is 76.9 Å². The van der Waals surface area contributed by atoms with Crippen LogP contribution in [0.5, 0.6) is 11.5 Å². The maximum absolute atomic E-state index is 12.9. The molecule has 0 aliphatic carbocycles. The second-order valence-corrected chi connectivity index (χ2v) is 8.64. The van der Waals surface area contributed by atoms with Gasteiger partial charge < -0.3 is 14.8 Å². The molecule has 0 atom stereocenters. The number of halogens is 4. The van der Waals surface area contributed by atoms with Crippen molar-refractivity contribution in [3.05, 3.63) is 86.1 Å². The van der Waals surface area contributed by atoms with Gasteiger partial charge in [-0.15, -0.1) is 0 Å². The molecule has 0 aliphatic heterocycles. The number of nitrogens with zero attached hydrogens (tertiary/aromatic N) is 1. The van der Waals surface area contributed by atoms with E-state index in [2.05, 4.69) is 31.8 Å². The lowest BCUT2D eigenvalue weighted by Gasteiger charge is -2.15. The number of carbonyl (C=O) groups is 1. The van der Waals surface area contributed by atoms with Crippen LogP contribution < -0.4 is 20.2 Å². The molecule has 0 heterocycles. The van der Waals surface area contributed by atoms with Crippen molar-refractivity contribution < 1.29 is 18.7 Å². The highest BCUT2D eigenvalue weighted by atomic mass is 79.9. The van der Waals surface area contributed by atoms with Crippen LogP contribution in [0.25, 0.3) is 0 Å². The van der Waals surface area contributed by atoms with E-state index in [9.17, 15) is 9.18 Å². The summed E-state index contributed by atoms with van der Waals surface area (Å²) in [5.74, 6) is 0.317. The van der Waals surface area contributed by atoms with Crippen LogP contribution in [0.15, 0.2) is 64.2 Å². The van der Waals surface area contributed by atoms with Crippen LogP contribution in [0.1, 0.15) is 18.1 Å². The fraction of sp³-hybridized carbons (Fsp3) is 0.167. The third-order valence-electron chi connectivity index (χ3n) is 4.42. The second kappa shape index (κ2) is 12.6. The molecule has 1 amide bonds. The van der Waals surface area contributed by atoms with Gasteiger partial charge in [0.15, 0.2) is 11.5 Å². The standard InChI is InChI=1S/C24H21BrCl2FN3O3/c1-2-33-22-10-15(12-30-31-23(32)13-29-19-7-5-18(28)6-8-19)9-20(25)24(22)34-14-16-3-4-17(26)11-21(16)27/h3-12,29H,2,13-14H2,1H3,(H,31,32)/b30-12-. The smallest absolute Gasteiger partial charge is 0.259 e. The van der Waals surface area contributed by atoms with E-state index in [0.29, 0.717) is 43.9 Å². The number of ether oxygens (including phenoxy) is 2. The SMILES string of the molecule is CCOc1cc(/C=N\NC(=O)CNc2ccc(F)cc2)cc(Br)c1OCc1ccc(Cl)cc1Cl. The molecule has 10 heteroatoms. The van der Waals surface area contributed by atoms with Crippen LogP contribution in [0.4, 0.5) is 10.1 Å². The van der Waals surface area contributed by atoms with Crippen molar-refractivity contribution in [2.45, 2.75) is 13.5 Å². The highest BCUT2D eigenvalue weighted by Crippen LogP contribution is 2.37. The largest absolute Gasteiger partial charge is 0.490 e. The van der Waals surface area contributed by atoms with E-state index in [-0.39, 0.29) is 24.9 Å². The zero-order valence-corrected chi connectivity index (χ0v) is 21.2. The highest BCUT2D eigenvalue weighted by Gasteiger charge is 2.13. The second-order valence-electron chi connectivity index (χ2n) is 6.94. The molecule has 0 bridgehead atoms. The van der Waals surface area contributed by atoms with Gasteiger partial charge in [0.25, 0.3) is 5.91 Å². The Morgan fingerprint density at radius 1 is 1.12 bits per heavy atom. The summed E-state index contributed by atoms with van der Waals surface area (Å²) >= 11 is 15.7. The van der Waals surface area contributed by atoms with Crippen LogP contribution in [0, 0.1) is 5.82 Å². The fourth-order valence-corrected chi connectivity index (χ4v) is 3.86. The van der Waals surface area contributed by atoms with Crippen LogP contribution in [0.2, 0.25) is 10.0 Å². The summed E-state index contributed by atoms with van der Waals surface area (Å²) in [4.78, 5) is 12.0. The van der Waals surface area contributed by atoms with Gasteiger partial charge in [0, 0.05) is 21.3 Å². The van der Waals surface area contributed by atoms with E-state index < -0.39 is 0 Å². The first kappa shape index (κ1) is 25.8. The van der Waals surface area contributed by atoms with Crippen molar-refractivity contribution in [2.24, 2.45) is 5.10 Å². The number of hydrogen-bond donors (Lipinski definition) is 2. The Balaban J connectivity index is 1.62. The molecule has 0 radical (unpaired) electrons. The third kappa shape index (κ3) is 7.62. The van der Waals surface area contributed by atoms with Gasteiger partial charge in [0.05, 0.1) is 23.8 Å². The van der Waals surface area contributed by atoms with Crippen molar-refractivity contribution in [1.82, 2.24) is 5.43 Å². The normalized spacial score (nSPS) is 10.9. The Bertz CT molecular complexity index is 1180. The molecule has 0 saturated carbocycles. The van der Waals surface area contributed by atoms with Crippen molar-refractivity contribution in [2.75, 3.05) is 18.5 Å². The minimum Gasteiger partial charge on any atom is -0.490 e. The molecule has 34 heavy (non-hydrogen) atoms. The zero-order valence-electron chi connectivity index (χ0n) is 18.1. The van der Waals surface area contributed by atoms with Crippen LogP contribution >= 0.6 is 39.1 Å². The molecular weight excluding hydrogens is 548 g/mol. The molecule has 178 valence electrons. The van der Waals surface area contributed by atoms with Gasteiger partial charge >= 0.3 is 0 Å². The van der Waals surface area contributed by atoms with Gasteiger partial charge in [-0.25, -0.2) is 9.82 Å². The lowest BCUT2D eigenvalue weighted by molar-refractivity contribution is -0.119.